The molecule has 1 rings (SSSR count). The topological polar surface area (TPSA) is 60.2 Å². The van der Waals surface area contributed by atoms with Gasteiger partial charge in [-0.15, -0.1) is 0 Å². The molecule has 0 heterocycles. The number of sulfone groups is 1. The van der Waals surface area contributed by atoms with Gasteiger partial charge in [-0.1, -0.05) is 6.92 Å². The lowest BCUT2D eigenvalue weighted by molar-refractivity contribution is 0.513. The average molecular weight is 205 g/mol. The first-order valence-electron chi connectivity index (χ1n) is 4.99. The summed E-state index contributed by atoms with van der Waals surface area (Å²) < 4.78 is 22.4. The molecule has 2 N–H and O–H groups in total. The molecule has 0 amide bonds. The van der Waals surface area contributed by atoms with E-state index in [2.05, 4.69) is 0 Å². The van der Waals surface area contributed by atoms with Crippen molar-refractivity contribution in [1.82, 2.24) is 0 Å². The molecule has 1 aliphatic carbocycles. The zero-order chi connectivity index (χ0) is 9.90. The Labute approximate surface area is 80.6 Å². The molecule has 0 aliphatic heterocycles. The van der Waals surface area contributed by atoms with Crippen LogP contribution in [0.15, 0.2) is 0 Å². The van der Waals surface area contributed by atoms with Crippen molar-refractivity contribution < 1.29 is 8.42 Å². The lowest BCUT2D eigenvalue weighted by atomic mass is 10.1. The van der Waals surface area contributed by atoms with Gasteiger partial charge in [0, 0.05) is 11.8 Å². The highest BCUT2D eigenvalue weighted by atomic mass is 32.2. The van der Waals surface area contributed by atoms with Crippen LogP contribution in [0, 0.1) is 5.92 Å². The predicted octanol–water partition coefficient (Wildman–Crippen LogP) is 0.939. The maximum absolute atomic E-state index is 11.2. The van der Waals surface area contributed by atoms with Crippen LogP contribution >= 0.6 is 0 Å². The zero-order valence-electron chi connectivity index (χ0n) is 8.20. The van der Waals surface area contributed by atoms with E-state index >= 15 is 0 Å². The minimum absolute atomic E-state index is 0.270. The normalized spacial score (nSPS) is 29.4. The summed E-state index contributed by atoms with van der Waals surface area (Å²) in [6, 6.07) is 0.314. The minimum Gasteiger partial charge on any atom is -0.328 e. The number of rotatable bonds is 4. The first-order valence-corrected chi connectivity index (χ1v) is 6.81. The van der Waals surface area contributed by atoms with Gasteiger partial charge in [0.05, 0.1) is 5.75 Å². The highest BCUT2D eigenvalue weighted by Crippen LogP contribution is 2.27. The van der Waals surface area contributed by atoms with E-state index in [-0.39, 0.29) is 5.75 Å². The van der Waals surface area contributed by atoms with E-state index in [0.717, 1.165) is 25.7 Å². The molecular weight excluding hydrogens is 186 g/mol. The van der Waals surface area contributed by atoms with Gasteiger partial charge in [-0.05, 0) is 31.6 Å². The fourth-order valence-corrected chi connectivity index (χ4v) is 2.85. The SMILES string of the molecule is CCS(=O)(=O)CCC1CCC(N)C1. The fourth-order valence-electron chi connectivity index (χ4n) is 1.87. The van der Waals surface area contributed by atoms with Crippen LogP contribution < -0.4 is 5.73 Å². The van der Waals surface area contributed by atoms with Crippen molar-refractivity contribution in [2.24, 2.45) is 11.7 Å². The smallest absolute Gasteiger partial charge is 0.150 e. The van der Waals surface area contributed by atoms with Gasteiger partial charge in [0.2, 0.25) is 0 Å². The summed E-state index contributed by atoms with van der Waals surface area (Å²) in [7, 11) is -2.77. The molecule has 0 bridgehead atoms. The van der Waals surface area contributed by atoms with E-state index in [1.807, 2.05) is 0 Å². The third-order valence-electron chi connectivity index (χ3n) is 2.86. The number of hydrogen-bond donors (Lipinski definition) is 1. The molecule has 0 aromatic heterocycles. The van der Waals surface area contributed by atoms with Crippen LogP contribution in [0.3, 0.4) is 0 Å². The van der Waals surface area contributed by atoms with Gasteiger partial charge < -0.3 is 5.73 Å². The molecule has 1 fully saturated rings. The second-order valence-corrected chi connectivity index (χ2v) is 6.44. The molecule has 0 saturated heterocycles. The highest BCUT2D eigenvalue weighted by Gasteiger charge is 2.22. The molecule has 4 heteroatoms. The molecule has 0 spiro atoms. The summed E-state index contributed by atoms with van der Waals surface area (Å²) >= 11 is 0. The average Bonchev–Trinajstić information content (AvgIpc) is 2.48. The van der Waals surface area contributed by atoms with Gasteiger partial charge in [-0.3, -0.25) is 0 Å². The summed E-state index contributed by atoms with van der Waals surface area (Å²) in [5.41, 5.74) is 5.75. The summed E-state index contributed by atoms with van der Waals surface area (Å²) in [6.07, 6.45) is 4.00. The quantitative estimate of drug-likeness (QED) is 0.743. The van der Waals surface area contributed by atoms with Gasteiger partial charge >= 0.3 is 0 Å². The van der Waals surface area contributed by atoms with Crippen LogP contribution in [0.2, 0.25) is 0 Å². The van der Waals surface area contributed by atoms with Crippen LogP contribution in [0.1, 0.15) is 32.6 Å². The van der Waals surface area contributed by atoms with E-state index in [0.29, 0.717) is 17.7 Å². The van der Waals surface area contributed by atoms with Crippen molar-refractivity contribution in [3.05, 3.63) is 0 Å². The zero-order valence-corrected chi connectivity index (χ0v) is 9.02. The molecular formula is C9H19NO2S. The van der Waals surface area contributed by atoms with Crippen molar-refractivity contribution >= 4 is 9.84 Å². The Balaban J connectivity index is 2.27. The summed E-state index contributed by atoms with van der Waals surface area (Å²) in [6.45, 7) is 1.70. The summed E-state index contributed by atoms with van der Waals surface area (Å²) in [5, 5.41) is 0. The Morgan fingerprint density at radius 2 is 2.08 bits per heavy atom. The largest absolute Gasteiger partial charge is 0.328 e. The molecule has 1 aliphatic rings. The molecule has 0 aromatic carbocycles. The molecule has 78 valence electrons. The van der Waals surface area contributed by atoms with Gasteiger partial charge in [-0.2, -0.15) is 0 Å². The van der Waals surface area contributed by atoms with E-state index in [9.17, 15) is 8.42 Å². The van der Waals surface area contributed by atoms with Gasteiger partial charge in [-0.25, -0.2) is 8.42 Å². The highest BCUT2D eigenvalue weighted by molar-refractivity contribution is 7.91. The second kappa shape index (κ2) is 4.42. The van der Waals surface area contributed by atoms with E-state index in [4.69, 9.17) is 5.73 Å². The molecule has 2 unspecified atom stereocenters. The van der Waals surface area contributed by atoms with Crippen molar-refractivity contribution in [1.29, 1.82) is 0 Å². The van der Waals surface area contributed by atoms with Crippen LogP contribution in [0.25, 0.3) is 0 Å². The third-order valence-corrected chi connectivity index (χ3v) is 4.60. The predicted molar refractivity (Wildman–Crippen MR) is 54.3 cm³/mol. The molecule has 0 radical (unpaired) electrons. The van der Waals surface area contributed by atoms with Crippen molar-refractivity contribution in [3.63, 3.8) is 0 Å². The van der Waals surface area contributed by atoms with Gasteiger partial charge in [0.1, 0.15) is 9.84 Å². The standard InChI is InChI=1S/C9H19NO2S/c1-2-13(11,12)6-5-8-3-4-9(10)7-8/h8-9H,2-7,10H2,1H3. The van der Waals surface area contributed by atoms with Crippen LogP contribution in [0.4, 0.5) is 0 Å². The molecule has 0 aromatic rings. The monoisotopic (exact) mass is 205 g/mol. The van der Waals surface area contributed by atoms with Crippen molar-refractivity contribution in [2.75, 3.05) is 11.5 Å². The Hall–Kier alpha value is -0.0900. The Bertz CT molecular complexity index is 248. The summed E-state index contributed by atoms with van der Waals surface area (Å²) in [5.74, 6) is 1.17. The molecule has 3 nitrogen and oxygen atoms in total. The third kappa shape index (κ3) is 3.65. The first-order chi connectivity index (χ1) is 6.03. The van der Waals surface area contributed by atoms with E-state index in [1.165, 1.54) is 0 Å². The Morgan fingerprint density at radius 3 is 2.54 bits per heavy atom. The Morgan fingerprint density at radius 1 is 1.38 bits per heavy atom. The second-order valence-electron chi connectivity index (χ2n) is 3.96. The van der Waals surface area contributed by atoms with Crippen molar-refractivity contribution in [3.8, 4) is 0 Å². The number of hydrogen-bond acceptors (Lipinski definition) is 3. The van der Waals surface area contributed by atoms with Crippen molar-refractivity contribution in [2.45, 2.75) is 38.6 Å². The number of nitrogens with two attached hydrogens (primary N) is 1. The maximum Gasteiger partial charge on any atom is 0.150 e. The lowest BCUT2D eigenvalue weighted by Gasteiger charge is -2.08. The van der Waals surface area contributed by atoms with Crippen LogP contribution in [-0.4, -0.2) is 26.0 Å². The minimum atomic E-state index is -2.77. The fraction of sp³-hybridized carbons (Fsp3) is 1.00. The van der Waals surface area contributed by atoms with E-state index in [1.54, 1.807) is 6.92 Å². The molecule has 13 heavy (non-hydrogen) atoms. The lowest BCUT2D eigenvalue weighted by Crippen LogP contribution is -2.16. The Kier molecular flexibility index (Phi) is 3.74. The van der Waals surface area contributed by atoms with Crippen LogP contribution in [0.5, 0.6) is 0 Å². The van der Waals surface area contributed by atoms with Gasteiger partial charge in [0.15, 0.2) is 0 Å². The molecule has 1 saturated carbocycles. The van der Waals surface area contributed by atoms with E-state index < -0.39 is 9.84 Å². The molecule has 2 atom stereocenters. The summed E-state index contributed by atoms with van der Waals surface area (Å²) in [4.78, 5) is 0. The first kappa shape index (κ1) is 11.0. The van der Waals surface area contributed by atoms with Crippen LogP contribution in [-0.2, 0) is 9.84 Å². The maximum atomic E-state index is 11.2. The van der Waals surface area contributed by atoms with Gasteiger partial charge in [0.25, 0.3) is 0 Å².